The molecule has 9 heteroatoms. The molecule has 0 spiro atoms. The van der Waals surface area contributed by atoms with Gasteiger partial charge in [0.2, 0.25) is 0 Å². The van der Waals surface area contributed by atoms with E-state index < -0.39 is 17.6 Å². The fourth-order valence-corrected chi connectivity index (χ4v) is 2.20. The van der Waals surface area contributed by atoms with Crippen LogP contribution in [0.3, 0.4) is 0 Å². The zero-order valence-corrected chi connectivity index (χ0v) is 12.0. The molecule has 1 aromatic carbocycles. The second-order valence-corrected chi connectivity index (χ2v) is 4.93. The molecule has 0 heterocycles. The smallest absolute Gasteiger partial charge is 0.295 e. The molecule has 6 nitrogen and oxygen atoms in total. The molecule has 1 rings (SSSR count). The molecule has 0 aliphatic rings. The number of nitro benzene ring substituents is 1. The van der Waals surface area contributed by atoms with Crippen molar-refractivity contribution in [3.05, 3.63) is 30.7 Å². The van der Waals surface area contributed by atoms with Crippen molar-refractivity contribution in [1.29, 1.82) is 0 Å². The van der Waals surface area contributed by atoms with Crippen LogP contribution in [0.15, 0.2) is 10.5 Å². The largest absolute Gasteiger partial charge is 0.394 e. The summed E-state index contributed by atoms with van der Waals surface area (Å²) in [7, 11) is 0. The number of aliphatic hydroxyl groups excluding tert-OH is 2. The minimum absolute atomic E-state index is 0.0449. The minimum atomic E-state index is -1.04. The van der Waals surface area contributed by atoms with Crippen LogP contribution in [0.2, 0.25) is 10.0 Å². The van der Waals surface area contributed by atoms with Crippen LogP contribution in [0.25, 0.3) is 0 Å². The molecule has 18 heavy (non-hydrogen) atoms. The van der Waals surface area contributed by atoms with Crippen molar-refractivity contribution in [2.45, 2.75) is 6.10 Å². The molecule has 1 aromatic rings. The quantitative estimate of drug-likeness (QED) is 0.426. The van der Waals surface area contributed by atoms with Crippen LogP contribution >= 0.6 is 39.1 Å². The summed E-state index contributed by atoms with van der Waals surface area (Å²) >= 11 is 14.7. The highest BCUT2D eigenvalue weighted by atomic mass is 79.9. The number of nitrogens with zero attached hydrogens (tertiary/aromatic N) is 1. The average Bonchev–Trinajstić information content (AvgIpc) is 2.33. The van der Waals surface area contributed by atoms with E-state index in [-0.39, 0.29) is 32.4 Å². The summed E-state index contributed by atoms with van der Waals surface area (Å²) in [4.78, 5) is 10.3. The molecular formula is C9H9BrCl2N2O4. The van der Waals surface area contributed by atoms with Crippen LogP contribution in [0.4, 0.5) is 11.4 Å². The van der Waals surface area contributed by atoms with Gasteiger partial charge in [0, 0.05) is 12.6 Å². The van der Waals surface area contributed by atoms with Gasteiger partial charge in [-0.05, 0) is 15.9 Å². The van der Waals surface area contributed by atoms with Crippen molar-refractivity contribution in [2.24, 2.45) is 0 Å². The summed E-state index contributed by atoms with van der Waals surface area (Å²) in [5, 5.41) is 31.6. The molecule has 0 aromatic heterocycles. The molecule has 0 fully saturated rings. The third-order valence-electron chi connectivity index (χ3n) is 2.06. The van der Waals surface area contributed by atoms with Crippen LogP contribution in [0.1, 0.15) is 0 Å². The first kappa shape index (κ1) is 15.5. The number of aliphatic hydroxyl groups is 2. The molecule has 1 atom stereocenters. The van der Waals surface area contributed by atoms with Gasteiger partial charge in [0.1, 0.15) is 5.69 Å². The monoisotopic (exact) mass is 358 g/mol. The van der Waals surface area contributed by atoms with Gasteiger partial charge in [-0.3, -0.25) is 10.1 Å². The lowest BCUT2D eigenvalue weighted by Crippen LogP contribution is -2.23. The lowest BCUT2D eigenvalue weighted by atomic mass is 10.2. The lowest BCUT2D eigenvalue weighted by Gasteiger charge is -2.13. The van der Waals surface area contributed by atoms with Gasteiger partial charge >= 0.3 is 0 Å². The molecule has 0 bridgehead atoms. The number of halogens is 3. The predicted octanol–water partition coefficient (Wildman–Crippen LogP) is 2.43. The Morgan fingerprint density at radius 2 is 2.17 bits per heavy atom. The number of anilines is 1. The molecule has 0 radical (unpaired) electrons. The summed E-state index contributed by atoms with van der Waals surface area (Å²) < 4.78 is 0.230. The van der Waals surface area contributed by atoms with Crippen molar-refractivity contribution in [3.8, 4) is 0 Å². The van der Waals surface area contributed by atoms with E-state index in [0.717, 1.165) is 6.07 Å². The van der Waals surface area contributed by atoms with Gasteiger partial charge in [-0.25, -0.2) is 0 Å². The lowest BCUT2D eigenvalue weighted by molar-refractivity contribution is -0.384. The van der Waals surface area contributed by atoms with E-state index in [1.54, 1.807) is 0 Å². The van der Waals surface area contributed by atoms with Crippen LogP contribution in [0.5, 0.6) is 0 Å². The van der Waals surface area contributed by atoms with Crippen molar-refractivity contribution < 1.29 is 15.1 Å². The zero-order chi connectivity index (χ0) is 13.9. The number of hydrogen-bond donors (Lipinski definition) is 3. The Kier molecular flexibility index (Phi) is 5.61. The second-order valence-electron chi connectivity index (χ2n) is 3.35. The third-order valence-corrected chi connectivity index (χ3v) is 3.87. The van der Waals surface area contributed by atoms with Gasteiger partial charge in [0.25, 0.3) is 5.69 Å². The Balaban J connectivity index is 3.15. The summed E-state index contributed by atoms with van der Waals surface area (Å²) in [6.45, 7) is -0.520. The van der Waals surface area contributed by atoms with Gasteiger partial charge in [-0.15, -0.1) is 0 Å². The number of benzene rings is 1. The molecule has 0 aliphatic carbocycles. The first-order valence-electron chi connectivity index (χ1n) is 4.73. The molecular weight excluding hydrogens is 351 g/mol. The van der Waals surface area contributed by atoms with Gasteiger partial charge in [-0.1, -0.05) is 23.2 Å². The zero-order valence-electron chi connectivity index (χ0n) is 8.86. The molecule has 0 saturated heterocycles. The van der Waals surface area contributed by atoms with Crippen LogP contribution in [-0.4, -0.2) is 34.4 Å². The third kappa shape index (κ3) is 3.46. The first-order chi connectivity index (χ1) is 8.38. The number of nitro groups is 1. The Morgan fingerprint density at radius 3 is 2.67 bits per heavy atom. The fourth-order valence-electron chi connectivity index (χ4n) is 1.18. The van der Waals surface area contributed by atoms with Crippen LogP contribution in [0, 0.1) is 10.1 Å². The highest BCUT2D eigenvalue weighted by Crippen LogP contribution is 2.42. The maximum absolute atomic E-state index is 10.9. The van der Waals surface area contributed by atoms with Crippen LogP contribution in [-0.2, 0) is 0 Å². The van der Waals surface area contributed by atoms with Gasteiger partial charge in [0.05, 0.1) is 32.2 Å². The Morgan fingerprint density at radius 1 is 1.56 bits per heavy atom. The van der Waals surface area contributed by atoms with Crippen LogP contribution < -0.4 is 5.32 Å². The maximum atomic E-state index is 10.9. The first-order valence-corrected chi connectivity index (χ1v) is 6.28. The van der Waals surface area contributed by atoms with Crippen molar-refractivity contribution >= 4 is 50.5 Å². The topological polar surface area (TPSA) is 95.6 Å². The van der Waals surface area contributed by atoms with E-state index in [1.165, 1.54) is 0 Å². The Hall–Kier alpha value is -0.600. The predicted molar refractivity (Wildman–Crippen MR) is 72.4 cm³/mol. The maximum Gasteiger partial charge on any atom is 0.295 e. The van der Waals surface area contributed by atoms with Gasteiger partial charge in [0.15, 0.2) is 0 Å². The average molecular weight is 360 g/mol. The molecule has 3 N–H and O–H groups in total. The summed E-state index contributed by atoms with van der Waals surface area (Å²) in [5.74, 6) is 0. The number of nitrogens with one attached hydrogen (secondary N) is 1. The fraction of sp³-hybridized carbons (Fsp3) is 0.333. The van der Waals surface area contributed by atoms with Gasteiger partial charge < -0.3 is 15.5 Å². The van der Waals surface area contributed by atoms with Crippen molar-refractivity contribution in [2.75, 3.05) is 18.5 Å². The number of hydrogen-bond acceptors (Lipinski definition) is 5. The standard InChI is InChI=1S/C9H9BrCl2N2O4/c10-7-8(12)5(11)1-6(14(17)18)9(7)13-2-4(16)3-15/h1,4,13,15-16H,2-3H2. The van der Waals surface area contributed by atoms with Crippen molar-refractivity contribution in [1.82, 2.24) is 0 Å². The molecule has 1 unspecified atom stereocenters. The second kappa shape index (κ2) is 6.53. The van der Waals surface area contributed by atoms with Crippen molar-refractivity contribution in [3.63, 3.8) is 0 Å². The van der Waals surface area contributed by atoms with E-state index in [0.29, 0.717) is 0 Å². The highest BCUT2D eigenvalue weighted by molar-refractivity contribution is 9.10. The van der Waals surface area contributed by atoms with E-state index >= 15 is 0 Å². The Labute approximate surface area is 121 Å². The summed E-state index contributed by atoms with van der Waals surface area (Å²) in [5.41, 5.74) is -0.177. The normalized spacial score (nSPS) is 12.3. The Bertz CT molecular complexity index is 472. The van der Waals surface area contributed by atoms with E-state index in [4.69, 9.17) is 28.3 Å². The molecule has 0 amide bonds. The summed E-state index contributed by atoms with van der Waals surface area (Å²) in [6.07, 6.45) is -1.04. The number of rotatable bonds is 5. The minimum Gasteiger partial charge on any atom is -0.394 e. The van der Waals surface area contributed by atoms with Gasteiger partial charge in [-0.2, -0.15) is 0 Å². The summed E-state index contributed by atoms with van der Waals surface area (Å²) in [6, 6.07) is 1.11. The molecule has 0 saturated carbocycles. The van der Waals surface area contributed by atoms with E-state index in [2.05, 4.69) is 21.2 Å². The van der Waals surface area contributed by atoms with E-state index in [9.17, 15) is 15.2 Å². The highest BCUT2D eigenvalue weighted by Gasteiger charge is 2.22. The SMILES string of the molecule is O=[N+]([O-])c1cc(Cl)c(Cl)c(Br)c1NCC(O)CO. The van der Waals surface area contributed by atoms with E-state index in [1.807, 2.05) is 0 Å². The molecule has 0 aliphatic heterocycles. The molecule has 100 valence electrons.